The first-order chi connectivity index (χ1) is 6.66. The zero-order valence-electron chi connectivity index (χ0n) is 7.49. The first-order valence-electron chi connectivity index (χ1n) is 4.24. The van der Waals surface area contributed by atoms with E-state index in [-0.39, 0.29) is 10.2 Å². The third kappa shape index (κ3) is 2.65. The molecule has 3 N–H and O–H groups in total. The van der Waals surface area contributed by atoms with E-state index >= 15 is 0 Å². The standard InChI is InChI=1S/C9H11BrF2N2/c10-6-2-3-7(11)9(8(6)12)14-5-1-4-13/h2-3,14H,1,4-5,13H2. The summed E-state index contributed by atoms with van der Waals surface area (Å²) in [5.41, 5.74) is 5.16. The third-order valence-corrected chi connectivity index (χ3v) is 2.34. The van der Waals surface area contributed by atoms with Crippen LogP contribution in [0.5, 0.6) is 0 Å². The van der Waals surface area contributed by atoms with E-state index in [4.69, 9.17) is 5.73 Å². The van der Waals surface area contributed by atoms with E-state index in [1.165, 1.54) is 12.1 Å². The Morgan fingerprint density at radius 2 is 2.07 bits per heavy atom. The fraction of sp³-hybridized carbons (Fsp3) is 0.333. The maximum atomic E-state index is 13.3. The van der Waals surface area contributed by atoms with Gasteiger partial charge < -0.3 is 11.1 Å². The highest BCUT2D eigenvalue weighted by Gasteiger charge is 2.10. The molecular formula is C9H11BrF2N2. The Balaban J connectivity index is 2.79. The summed E-state index contributed by atoms with van der Waals surface area (Å²) >= 11 is 2.98. The van der Waals surface area contributed by atoms with Crippen LogP contribution in [0.3, 0.4) is 0 Å². The van der Waals surface area contributed by atoms with E-state index in [0.29, 0.717) is 19.5 Å². The Kier molecular flexibility index (Phi) is 4.28. The van der Waals surface area contributed by atoms with Gasteiger partial charge in [-0.25, -0.2) is 8.78 Å². The fourth-order valence-electron chi connectivity index (χ4n) is 1.00. The van der Waals surface area contributed by atoms with Crippen molar-refractivity contribution >= 4 is 21.6 Å². The predicted molar refractivity (Wildman–Crippen MR) is 56.2 cm³/mol. The Hall–Kier alpha value is -0.680. The van der Waals surface area contributed by atoms with Gasteiger partial charge in [0, 0.05) is 6.54 Å². The van der Waals surface area contributed by atoms with Gasteiger partial charge in [0.05, 0.1) is 4.47 Å². The minimum atomic E-state index is -0.609. The van der Waals surface area contributed by atoms with Crippen LogP contribution < -0.4 is 11.1 Å². The molecule has 0 aromatic heterocycles. The highest BCUT2D eigenvalue weighted by molar-refractivity contribution is 9.10. The number of hydrogen-bond donors (Lipinski definition) is 2. The topological polar surface area (TPSA) is 38.0 Å². The summed E-state index contributed by atoms with van der Waals surface area (Å²) in [5.74, 6) is -1.20. The molecule has 1 aromatic rings. The Bertz CT molecular complexity index is 318. The first-order valence-corrected chi connectivity index (χ1v) is 5.03. The number of rotatable bonds is 4. The van der Waals surface area contributed by atoms with Gasteiger partial charge in [0.1, 0.15) is 11.5 Å². The molecule has 0 aliphatic carbocycles. The summed E-state index contributed by atoms with van der Waals surface area (Å²) in [6.07, 6.45) is 0.672. The summed E-state index contributed by atoms with van der Waals surface area (Å²) in [6.45, 7) is 0.949. The van der Waals surface area contributed by atoms with Crippen LogP contribution in [0.1, 0.15) is 6.42 Å². The van der Waals surface area contributed by atoms with Gasteiger partial charge in [-0.3, -0.25) is 0 Å². The Morgan fingerprint density at radius 1 is 1.36 bits per heavy atom. The van der Waals surface area contributed by atoms with Crippen LogP contribution in [0.25, 0.3) is 0 Å². The summed E-state index contributed by atoms with van der Waals surface area (Å²) in [7, 11) is 0. The molecular weight excluding hydrogens is 254 g/mol. The SMILES string of the molecule is NCCCNc1c(F)ccc(Br)c1F. The average molecular weight is 265 g/mol. The minimum Gasteiger partial charge on any atom is -0.380 e. The molecule has 0 atom stereocenters. The largest absolute Gasteiger partial charge is 0.380 e. The van der Waals surface area contributed by atoms with Crippen molar-refractivity contribution in [3.63, 3.8) is 0 Å². The molecule has 0 amide bonds. The summed E-state index contributed by atoms with van der Waals surface area (Å²) in [6, 6.07) is 2.54. The van der Waals surface area contributed by atoms with Crippen LogP contribution in [0.15, 0.2) is 16.6 Å². The summed E-state index contributed by atoms with van der Waals surface area (Å²) < 4.78 is 26.7. The molecule has 0 unspecified atom stereocenters. The quantitative estimate of drug-likeness (QED) is 0.648. The maximum Gasteiger partial charge on any atom is 0.163 e. The first kappa shape index (κ1) is 11.4. The van der Waals surface area contributed by atoms with Crippen molar-refractivity contribution in [3.8, 4) is 0 Å². The van der Waals surface area contributed by atoms with Crippen molar-refractivity contribution in [1.29, 1.82) is 0 Å². The van der Waals surface area contributed by atoms with E-state index in [1.54, 1.807) is 0 Å². The van der Waals surface area contributed by atoms with Crippen LogP contribution in [0.4, 0.5) is 14.5 Å². The lowest BCUT2D eigenvalue weighted by Crippen LogP contribution is -2.10. The van der Waals surface area contributed by atoms with Crippen LogP contribution in [0.2, 0.25) is 0 Å². The van der Waals surface area contributed by atoms with Gasteiger partial charge in [-0.1, -0.05) is 0 Å². The molecule has 14 heavy (non-hydrogen) atoms. The van der Waals surface area contributed by atoms with E-state index < -0.39 is 11.6 Å². The monoisotopic (exact) mass is 264 g/mol. The van der Waals surface area contributed by atoms with Crippen molar-refractivity contribution in [2.45, 2.75) is 6.42 Å². The molecule has 0 bridgehead atoms. The Morgan fingerprint density at radius 3 is 2.71 bits per heavy atom. The van der Waals surface area contributed by atoms with Gasteiger partial charge in [-0.2, -0.15) is 0 Å². The van der Waals surface area contributed by atoms with Gasteiger partial charge in [-0.15, -0.1) is 0 Å². The van der Waals surface area contributed by atoms with Crippen LogP contribution in [-0.2, 0) is 0 Å². The predicted octanol–water partition coefficient (Wildman–Crippen LogP) is 2.49. The lowest BCUT2D eigenvalue weighted by atomic mass is 10.3. The molecule has 0 fully saturated rings. The molecule has 2 nitrogen and oxygen atoms in total. The molecule has 0 spiro atoms. The lowest BCUT2D eigenvalue weighted by Gasteiger charge is -2.08. The number of nitrogens with one attached hydrogen (secondary N) is 1. The molecule has 78 valence electrons. The van der Waals surface area contributed by atoms with Gasteiger partial charge in [-0.05, 0) is 41.0 Å². The lowest BCUT2D eigenvalue weighted by molar-refractivity contribution is 0.583. The normalized spacial score (nSPS) is 10.3. The summed E-state index contributed by atoms with van der Waals surface area (Å²) in [4.78, 5) is 0. The smallest absolute Gasteiger partial charge is 0.163 e. The van der Waals surface area contributed by atoms with Crippen molar-refractivity contribution in [2.24, 2.45) is 5.73 Å². The van der Waals surface area contributed by atoms with E-state index in [0.717, 1.165) is 0 Å². The maximum absolute atomic E-state index is 13.3. The average Bonchev–Trinajstić information content (AvgIpc) is 2.18. The third-order valence-electron chi connectivity index (χ3n) is 1.73. The number of anilines is 1. The number of nitrogens with two attached hydrogens (primary N) is 1. The second kappa shape index (κ2) is 5.26. The Labute approximate surface area is 89.6 Å². The minimum absolute atomic E-state index is 0.104. The van der Waals surface area contributed by atoms with Gasteiger partial charge >= 0.3 is 0 Å². The van der Waals surface area contributed by atoms with Crippen LogP contribution in [-0.4, -0.2) is 13.1 Å². The molecule has 1 rings (SSSR count). The summed E-state index contributed by atoms with van der Waals surface area (Å²) in [5, 5.41) is 2.66. The molecule has 5 heteroatoms. The highest BCUT2D eigenvalue weighted by atomic mass is 79.9. The molecule has 0 aliphatic heterocycles. The second-order valence-corrected chi connectivity index (χ2v) is 3.64. The molecule has 0 aliphatic rings. The van der Waals surface area contributed by atoms with Crippen LogP contribution >= 0.6 is 15.9 Å². The number of benzene rings is 1. The molecule has 0 saturated heterocycles. The second-order valence-electron chi connectivity index (χ2n) is 2.79. The van der Waals surface area contributed by atoms with Crippen molar-refractivity contribution in [3.05, 3.63) is 28.2 Å². The van der Waals surface area contributed by atoms with Gasteiger partial charge in [0.2, 0.25) is 0 Å². The number of halogens is 3. The van der Waals surface area contributed by atoms with Crippen molar-refractivity contribution in [1.82, 2.24) is 0 Å². The van der Waals surface area contributed by atoms with Crippen molar-refractivity contribution < 1.29 is 8.78 Å². The van der Waals surface area contributed by atoms with E-state index in [2.05, 4.69) is 21.2 Å². The van der Waals surface area contributed by atoms with Crippen LogP contribution in [0, 0.1) is 11.6 Å². The zero-order chi connectivity index (χ0) is 10.6. The fourth-order valence-corrected chi connectivity index (χ4v) is 1.33. The van der Waals surface area contributed by atoms with Gasteiger partial charge in [0.25, 0.3) is 0 Å². The zero-order valence-corrected chi connectivity index (χ0v) is 9.07. The van der Waals surface area contributed by atoms with E-state index in [9.17, 15) is 8.78 Å². The molecule has 0 radical (unpaired) electrons. The highest BCUT2D eigenvalue weighted by Crippen LogP contribution is 2.25. The molecule has 0 saturated carbocycles. The van der Waals surface area contributed by atoms with E-state index in [1.807, 2.05) is 0 Å². The van der Waals surface area contributed by atoms with Gasteiger partial charge in [0.15, 0.2) is 5.82 Å². The van der Waals surface area contributed by atoms with Crippen molar-refractivity contribution in [2.75, 3.05) is 18.4 Å². The number of hydrogen-bond acceptors (Lipinski definition) is 2. The molecule has 1 aromatic carbocycles. The molecule has 0 heterocycles.